The number of aromatic nitrogens is 2. The Morgan fingerprint density at radius 1 is 1.26 bits per heavy atom. The molecule has 1 amide bonds. The van der Waals surface area contributed by atoms with Gasteiger partial charge in [-0.3, -0.25) is 4.79 Å². The van der Waals surface area contributed by atoms with Gasteiger partial charge in [-0.25, -0.2) is 9.37 Å². The van der Waals surface area contributed by atoms with E-state index in [1.165, 1.54) is 12.1 Å². The van der Waals surface area contributed by atoms with Crippen molar-refractivity contribution in [3.8, 4) is 0 Å². The molecule has 0 bridgehead atoms. The first-order valence-electron chi connectivity index (χ1n) is 10.6. The number of carbonyl (C=O) groups is 1. The highest BCUT2D eigenvalue weighted by molar-refractivity contribution is 5.98. The van der Waals surface area contributed by atoms with E-state index in [0.29, 0.717) is 30.3 Å². The summed E-state index contributed by atoms with van der Waals surface area (Å²) in [5.41, 5.74) is 3.59. The summed E-state index contributed by atoms with van der Waals surface area (Å²) in [5, 5.41) is 1.04. The normalized spacial score (nSPS) is 16.7. The molecule has 4 aromatic rings. The molecule has 6 heteroatoms. The third-order valence-electron chi connectivity index (χ3n) is 5.91. The van der Waals surface area contributed by atoms with Crippen LogP contribution in [0.3, 0.4) is 0 Å². The zero-order valence-corrected chi connectivity index (χ0v) is 17.4. The Bertz CT molecular complexity index is 1240. The molecular weight excluding hydrogens is 393 g/mol. The smallest absolute Gasteiger partial charge is 0.270 e. The summed E-state index contributed by atoms with van der Waals surface area (Å²) in [6, 6.07) is 14.5. The average Bonchev–Trinajstić information content (AvgIpc) is 3.40. The van der Waals surface area contributed by atoms with Crippen LogP contribution in [0, 0.1) is 12.7 Å². The molecule has 2 aromatic carbocycles. The highest BCUT2D eigenvalue weighted by Crippen LogP contribution is 2.28. The highest BCUT2D eigenvalue weighted by Gasteiger charge is 2.29. The standard InChI is InChI=1S/C25H24FN3O2/c1-16-7-8-18-13-23(28-22(18)10-16)25(30)29-9-3-5-19(15-29)24-27-14-21(31-24)12-17-4-2-6-20(26)11-17/h2,4,6-8,10-11,13-14,19,28H,3,5,9,12,15H2,1H3. The van der Waals surface area contributed by atoms with Gasteiger partial charge >= 0.3 is 0 Å². The van der Waals surface area contributed by atoms with Crippen molar-refractivity contribution in [2.75, 3.05) is 13.1 Å². The number of nitrogens with one attached hydrogen (secondary N) is 1. The number of nitrogens with zero attached hydrogens (tertiary/aromatic N) is 2. The highest BCUT2D eigenvalue weighted by atomic mass is 19.1. The summed E-state index contributed by atoms with van der Waals surface area (Å²) in [6.45, 7) is 3.34. The molecule has 1 aliphatic heterocycles. The molecule has 2 aromatic heterocycles. The number of rotatable bonds is 4. The van der Waals surface area contributed by atoms with E-state index >= 15 is 0 Å². The fraction of sp³-hybridized carbons (Fsp3) is 0.280. The van der Waals surface area contributed by atoms with Crippen LogP contribution in [0.2, 0.25) is 0 Å². The van der Waals surface area contributed by atoms with E-state index in [1.807, 2.05) is 36.1 Å². The lowest BCUT2D eigenvalue weighted by molar-refractivity contribution is 0.0693. The minimum Gasteiger partial charge on any atom is -0.445 e. The lowest BCUT2D eigenvalue weighted by Gasteiger charge is -2.31. The molecule has 3 heterocycles. The van der Waals surface area contributed by atoms with Gasteiger partial charge in [0.15, 0.2) is 5.89 Å². The van der Waals surface area contributed by atoms with Crippen LogP contribution in [0.15, 0.2) is 59.1 Å². The van der Waals surface area contributed by atoms with Crippen molar-refractivity contribution in [3.05, 3.63) is 89.0 Å². The van der Waals surface area contributed by atoms with E-state index in [9.17, 15) is 9.18 Å². The second-order valence-electron chi connectivity index (χ2n) is 8.34. The third-order valence-corrected chi connectivity index (χ3v) is 5.91. The number of fused-ring (bicyclic) bond motifs is 1. The van der Waals surface area contributed by atoms with Crippen LogP contribution in [-0.2, 0) is 6.42 Å². The van der Waals surface area contributed by atoms with E-state index < -0.39 is 0 Å². The van der Waals surface area contributed by atoms with Crippen molar-refractivity contribution in [2.24, 2.45) is 0 Å². The summed E-state index contributed by atoms with van der Waals surface area (Å²) in [7, 11) is 0. The van der Waals surface area contributed by atoms with Crippen LogP contribution in [0.4, 0.5) is 4.39 Å². The molecule has 1 unspecified atom stereocenters. The molecule has 1 atom stereocenters. The molecule has 5 nitrogen and oxygen atoms in total. The Balaban J connectivity index is 1.29. The molecule has 0 saturated carbocycles. The number of halogens is 1. The first kappa shape index (κ1) is 19.5. The Morgan fingerprint density at radius 3 is 3.03 bits per heavy atom. The number of piperidine rings is 1. The fourth-order valence-corrected chi connectivity index (χ4v) is 4.33. The van der Waals surface area contributed by atoms with Crippen molar-refractivity contribution >= 4 is 16.8 Å². The summed E-state index contributed by atoms with van der Waals surface area (Å²) in [4.78, 5) is 22.7. The Labute approximate surface area is 179 Å². The van der Waals surface area contributed by atoms with E-state index in [0.717, 1.165) is 41.4 Å². The van der Waals surface area contributed by atoms with Crippen LogP contribution in [0.25, 0.3) is 10.9 Å². The maximum Gasteiger partial charge on any atom is 0.270 e. The number of aromatic amines is 1. The van der Waals surface area contributed by atoms with Crippen LogP contribution >= 0.6 is 0 Å². The zero-order chi connectivity index (χ0) is 21.4. The number of benzene rings is 2. The van der Waals surface area contributed by atoms with Crippen molar-refractivity contribution in [1.29, 1.82) is 0 Å². The van der Waals surface area contributed by atoms with Crippen LogP contribution in [-0.4, -0.2) is 33.9 Å². The van der Waals surface area contributed by atoms with Gasteiger partial charge in [-0.2, -0.15) is 0 Å². The Morgan fingerprint density at radius 2 is 2.16 bits per heavy atom. The van der Waals surface area contributed by atoms with Crippen molar-refractivity contribution < 1.29 is 13.6 Å². The quantitative estimate of drug-likeness (QED) is 0.496. The summed E-state index contributed by atoms with van der Waals surface area (Å²) in [5.74, 6) is 1.16. The SMILES string of the molecule is Cc1ccc2cc(C(=O)N3CCCC(c4ncc(Cc5cccc(F)c5)o4)C3)[nH]c2c1. The molecule has 31 heavy (non-hydrogen) atoms. The monoisotopic (exact) mass is 417 g/mol. The van der Waals surface area contributed by atoms with E-state index in [4.69, 9.17) is 4.42 Å². The number of H-pyrrole nitrogens is 1. The zero-order valence-electron chi connectivity index (χ0n) is 17.4. The van der Waals surface area contributed by atoms with Crippen molar-refractivity contribution in [3.63, 3.8) is 0 Å². The second-order valence-corrected chi connectivity index (χ2v) is 8.34. The average molecular weight is 417 g/mol. The topological polar surface area (TPSA) is 62.1 Å². The van der Waals surface area contributed by atoms with Crippen molar-refractivity contribution in [1.82, 2.24) is 14.9 Å². The molecule has 0 aliphatic carbocycles. The van der Waals surface area contributed by atoms with Gasteiger partial charge in [-0.1, -0.05) is 24.3 Å². The van der Waals surface area contributed by atoms with Crippen LogP contribution in [0.5, 0.6) is 0 Å². The largest absolute Gasteiger partial charge is 0.445 e. The first-order valence-corrected chi connectivity index (χ1v) is 10.6. The molecule has 158 valence electrons. The van der Waals surface area contributed by atoms with E-state index in [1.54, 1.807) is 12.3 Å². The lowest BCUT2D eigenvalue weighted by Crippen LogP contribution is -2.39. The summed E-state index contributed by atoms with van der Waals surface area (Å²) < 4.78 is 19.4. The molecule has 0 spiro atoms. The van der Waals surface area contributed by atoms with E-state index in [-0.39, 0.29) is 17.6 Å². The number of amides is 1. The van der Waals surface area contributed by atoms with E-state index in [2.05, 4.69) is 16.0 Å². The van der Waals surface area contributed by atoms with Gasteiger partial charge in [-0.15, -0.1) is 0 Å². The van der Waals surface area contributed by atoms with Gasteiger partial charge in [0.05, 0.1) is 12.1 Å². The maximum absolute atomic E-state index is 13.4. The van der Waals surface area contributed by atoms with Gasteiger partial charge in [0.25, 0.3) is 5.91 Å². The number of hydrogen-bond donors (Lipinski definition) is 1. The number of likely N-dealkylation sites (tertiary alicyclic amines) is 1. The van der Waals surface area contributed by atoms with Gasteiger partial charge in [-0.05, 0) is 55.2 Å². The molecule has 1 saturated heterocycles. The van der Waals surface area contributed by atoms with Crippen molar-refractivity contribution in [2.45, 2.75) is 32.1 Å². The Hall–Kier alpha value is -3.41. The predicted molar refractivity (Wildman–Crippen MR) is 117 cm³/mol. The molecular formula is C25H24FN3O2. The molecule has 0 radical (unpaired) electrons. The molecule has 1 fully saturated rings. The second kappa shape index (κ2) is 8.02. The molecule has 1 N–H and O–H groups in total. The van der Waals surface area contributed by atoms with Gasteiger partial charge < -0.3 is 14.3 Å². The predicted octanol–water partition coefficient (Wildman–Crippen LogP) is 5.21. The first-order chi connectivity index (χ1) is 15.0. The van der Waals surface area contributed by atoms with Crippen LogP contribution < -0.4 is 0 Å². The van der Waals surface area contributed by atoms with Gasteiger partial charge in [0.1, 0.15) is 17.3 Å². The minimum absolute atomic E-state index is 0.00472. The number of carbonyl (C=O) groups excluding carboxylic acids is 1. The van der Waals surface area contributed by atoms with Crippen LogP contribution in [0.1, 0.15) is 52.0 Å². The Kier molecular flexibility index (Phi) is 5.06. The number of hydrogen-bond acceptors (Lipinski definition) is 3. The van der Waals surface area contributed by atoms with Gasteiger partial charge in [0, 0.05) is 30.4 Å². The summed E-state index contributed by atoms with van der Waals surface area (Å²) in [6.07, 6.45) is 4.03. The maximum atomic E-state index is 13.4. The number of aryl methyl sites for hydroxylation is 1. The lowest BCUT2D eigenvalue weighted by atomic mass is 9.97. The third kappa shape index (κ3) is 4.10. The van der Waals surface area contributed by atoms with Gasteiger partial charge in [0.2, 0.25) is 0 Å². The number of oxazole rings is 1. The molecule has 1 aliphatic rings. The molecule has 5 rings (SSSR count). The fourth-order valence-electron chi connectivity index (χ4n) is 4.33. The minimum atomic E-state index is -0.259. The summed E-state index contributed by atoms with van der Waals surface area (Å²) >= 11 is 0.